The van der Waals surface area contributed by atoms with Crippen LogP contribution in [0.15, 0.2) is 30.6 Å². The third-order valence-corrected chi connectivity index (χ3v) is 4.27. The number of nitrogens with zero attached hydrogens (tertiary/aromatic N) is 2. The zero-order valence-electron chi connectivity index (χ0n) is 10.3. The van der Waals surface area contributed by atoms with Crippen LogP contribution in [0.3, 0.4) is 0 Å². The van der Waals surface area contributed by atoms with E-state index in [-0.39, 0.29) is 5.97 Å². The summed E-state index contributed by atoms with van der Waals surface area (Å²) in [5.41, 5.74) is 1.53. The topological polar surface area (TPSA) is 43.6 Å². The van der Waals surface area contributed by atoms with Crippen LogP contribution in [0.5, 0.6) is 0 Å². The number of benzene rings is 1. The Bertz CT molecular complexity index is 778. The second-order valence-corrected chi connectivity index (χ2v) is 5.88. The molecule has 0 bridgehead atoms. The lowest BCUT2D eigenvalue weighted by Gasteiger charge is -2.00. The number of thiazole rings is 1. The van der Waals surface area contributed by atoms with Crippen molar-refractivity contribution in [1.82, 2.24) is 9.38 Å². The number of hydrogen-bond donors (Lipinski definition) is 0. The first-order valence-electron chi connectivity index (χ1n) is 5.61. The predicted molar refractivity (Wildman–Crippen MR) is 79.9 cm³/mol. The third kappa shape index (κ3) is 2.28. The number of carbonyl (C=O) groups excluding carboxylic acids is 1. The molecule has 102 valence electrons. The first kappa shape index (κ1) is 13.4. The molecule has 0 radical (unpaired) electrons. The molecule has 0 aliphatic heterocycles. The van der Waals surface area contributed by atoms with Gasteiger partial charge in [0, 0.05) is 23.0 Å². The Morgan fingerprint density at radius 3 is 2.80 bits per heavy atom. The molecular weight excluding hydrogens is 319 g/mol. The molecule has 3 aromatic rings. The van der Waals surface area contributed by atoms with Crippen LogP contribution < -0.4 is 0 Å². The van der Waals surface area contributed by atoms with E-state index in [1.807, 2.05) is 12.3 Å². The van der Waals surface area contributed by atoms with Crippen molar-refractivity contribution in [1.29, 1.82) is 0 Å². The highest BCUT2D eigenvalue weighted by molar-refractivity contribution is 7.18. The molecule has 4 nitrogen and oxygen atoms in total. The molecule has 0 N–H and O–H groups in total. The molecule has 0 unspecified atom stereocenters. The highest BCUT2D eigenvalue weighted by atomic mass is 35.5. The summed E-state index contributed by atoms with van der Waals surface area (Å²) in [5, 5.41) is 1.11. The van der Waals surface area contributed by atoms with E-state index in [9.17, 15) is 4.79 Å². The molecule has 20 heavy (non-hydrogen) atoms. The van der Waals surface area contributed by atoms with Gasteiger partial charge in [0.15, 0.2) is 4.96 Å². The van der Waals surface area contributed by atoms with Crippen LogP contribution in [0.25, 0.3) is 16.2 Å². The molecule has 2 heterocycles. The van der Waals surface area contributed by atoms with E-state index in [4.69, 9.17) is 23.2 Å². The summed E-state index contributed by atoms with van der Waals surface area (Å²) in [7, 11) is 1.35. The smallest absolute Gasteiger partial charge is 0.349 e. The van der Waals surface area contributed by atoms with Gasteiger partial charge in [-0.2, -0.15) is 0 Å². The first-order valence-corrected chi connectivity index (χ1v) is 7.18. The number of fused-ring (bicyclic) bond motifs is 1. The van der Waals surface area contributed by atoms with Gasteiger partial charge in [0.25, 0.3) is 0 Å². The maximum Gasteiger partial charge on any atom is 0.349 e. The van der Waals surface area contributed by atoms with Gasteiger partial charge in [-0.15, -0.1) is 0 Å². The van der Waals surface area contributed by atoms with E-state index >= 15 is 0 Å². The fourth-order valence-corrected chi connectivity index (χ4v) is 3.21. The fourth-order valence-electron chi connectivity index (χ4n) is 1.82. The second-order valence-electron chi connectivity index (χ2n) is 4.03. The molecule has 3 rings (SSSR count). The van der Waals surface area contributed by atoms with Gasteiger partial charge in [-0.1, -0.05) is 34.5 Å². The van der Waals surface area contributed by atoms with Crippen molar-refractivity contribution in [2.75, 3.05) is 7.11 Å². The quantitative estimate of drug-likeness (QED) is 0.664. The van der Waals surface area contributed by atoms with Crippen LogP contribution in [0.1, 0.15) is 9.67 Å². The number of aromatic nitrogens is 2. The normalized spacial score (nSPS) is 10.9. The minimum absolute atomic E-state index is 0.369. The Morgan fingerprint density at radius 2 is 2.15 bits per heavy atom. The number of carbonyl (C=O) groups is 1. The van der Waals surface area contributed by atoms with Crippen LogP contribution in [0, 0.1) is 0 Å². The van der Waals surface area contributed by atoms with Crippen LogP contribution in [0.4, 0.5) is 0 Å². The Hall–Kier alpha value is -1.56. The Labute approximate surface area is 128 Å². The van der Waals surface area contributed by atoms with Gasteiger partial charge < -0.3 is 4.74 Å². The van der Waals surface area contributed by atoms with Crippen LogP contribution >= 0.6 is 34.5 Å². The van der Waals surface area contributed by atoms with Gasteiger partial charge >= 0.3 is 5.97 Å². The van der Waals surface area contributed by atoms with E-state index in [1.54, 1.807) is 22.7 Å². The number of methoxy groups -OCH3 is 1. The van der Waals surface area contributed by atoms with E-state index < -0.39 is 0 Å². The van der Waals surface area contributed by atoms with Gasteiger partial charge in [-0.25, -0.2) is 9.78 Å². The summed E-state index contributed by atoms with van der Waals surface area (Å²) in [4.78, 5) is 17.1. The SMILES string of the molecule is COC(=O)c1cn2cc(-c3ccc(Cl)cc3Cl)nc2s1. The largest absolute Gasteiger partial charge is 0.465 e. The molecule has 0 saturated carbocycles. The first-order chi connectivity index (χ1) is 9.58. The molecule has 0 fully saturated rings. The number of hydrogen-bond acceptors (Lipinski definition) is 4. The van der Waals surface area contributed by atoms with Crippen LogP contribution in [-0.4, -0.2) is 22.5 Å². The lowest BCUT2D eigenvalue weighted by molar-refractivity contribution is 0.0606. The molecule has 2 aromatic heterocycles. The van der Waals surface area contributed by atoms with Crippen molar-refractivity contribution in [3.8, 4) is 11.3 Å². The maximum atomic E-state index is 11.4. The molecule has 1 aromatic carbocycles. The standard InChI is InChI=1S/C13H8Cl2N2O2S/c1-19-12(18)11-6-17-5-10(16-13(17)20-11)8-3-2-7(14)4-9(8)15/h2-6H,1H3. The number of halogens is 2. The average Bonchev–Trinajstić information content (AvgIpc) is 2.95. The highest BCUT2D eigenvalue weighted by Crippen LogP contribution is 2.31. The molecular formula is C13H8Cl2N2O2S. The molecule has 0 amide bonds. The van der Waals surface area contributed by atoms with Gasteiger partial charge in [0.1, 0.15) is 4.88 Å². The fraction of sp³-hybridized carbons (Fsp3) is 0.0769. The molecule has 0 aliphatic carbocycles. The highest BCUT2D eigenvalue weighted by Gasteiger charge is 2.14. The minimum Gasteiger partial charge on any atom is -0.465 e. The van der Waals surface area contributed by atoms with Gasteiger partial charge in [-0.05, 0) is 18.2 Å². The Balaban J connectivity index is 2.05. The molecule has 0 spiro atoms. The molecule has 0 saturated heterocycles. The Morgan fingerprint density at radius 1 is 1.35 bits per heavy atom. The summed E-state index contributed by atoms with van der Waals surface area (Å²) in [6.45, 7) is 0. The average molecular weight is 327 g/mol. The van der Waals surface area contributed by atoms with Crippen molar-refractivity contribution in [2.24, 2.45) is 0 Å². The molecule has 0 aliphatic rings. The van der Waals surface area contributed by atoms with Crippen molar-refractivity contribution >= 4 is 45.5 Å². The second kappa shape index (κ2) is 5.09. The summed E-state index contributed by atoms with van der Waals surface area (Å²) >= 11 is 13.3. The van der Waals surface area contributed by atoms with Gasteiger partial charge in [0.05, 0.1) is 17.8 Å². The third-order valence-electron chi connectivity index (χ3n) is 2.75. The van der Waals surface area contributed by atoms with Gasteiger partial charge in [-0.3, -0.25) is 4.40 Å². The zero-order valence-corrected chi connectivity index (χ0v) is 12.6. The molecule has 0 atom stereocenters. The van der Waals surface area contributed by atoms with Crippen LogP contribution in [0.2, 0.25) is 10.0 Å². The van der Waals surface area contributed by atoms with E-state index in [0.29, 0.717) is 19.9 Å². The number of esters is 1. The van der Waals surface area contributed by atoms with Crippen molar-refractivity contribution < 1.29 is 9.53 Å². The van der Waals surface area contributed by atoms with Gasteiger partial charge in [0.2, 0.25) is 0 Å². The number of rotatable bonds is 2. The summed E-state index contributed by atoms with van der Waals surface area (Å²) < 4.78 is 6.45. The lowest BCUT2D eigenvalue weighted by Crippen LogP contribution is -1.97. The predicted octanol–water partition coefficient (Wildman–Crippen LogP) is 4.16. The van der Waals surface area contributed by atoms with E-state index in [1.165, 1.54) is 18.4 Å². The Kier molecular flexibility index (Phi) is 3.41. The van der Waals surface area contributed by atoms with Crippen molar-refractivity contribution in [2.45, 2.75) is 0 Å². The molecule has 7 heteroatoms. The zero-order chi connectivity index (χ0) is 14.3. The summed E-state index contributed by atoms with van der Waals surface area (Å²) in [6, 6.07) is 5.25. The van der Waals surface area contributed by atoms with Crippen molar-refractivity contribution in [3.05, 3.63) is 45.5 Å². The van der Waals surface area contributed by atoms with E-state index in [2.05, 4.69) is 9.72 Å². The van der Waals surface area contributed by atoms with E-state index in [0.717, 1.165) is 11.3 Å². The lowest BCUT2D eigenvalue weighted by atomic mass is 10.2. The summed E-state index contributed by atoms with van der Waals surface area (Å²) in [5.74, 6) is -0.369. The van der Waals surface area contributed by atoms with Crippen LogP contribution in [-0.2, 0) is 4.74 Å². The monoisotopic (exact) mass is 326 g/mol. The minimum atomic E-state index is -0.369. The maximum absolute atomic E-state index is 11.4. The number of imidazole rings is 1. The summed E-state index contributed by atoms with van der Waals surface area (Å²) in [6.07, 6.45) is 3.50. The number of ether oxygens (including phenoxy) is 1. The van der Waals surface area contributed by atoms with Crippen molar-refractivity contribution in [3.63, 3.8) is 0 Å².